The monoisotopic (exact) mass is 282 g/mol. The molecule has 5 heteroatoms. The van der Waals surface area contributed by atoms with E-state index < -0.39 is 0 Å². The van der Waals surface area contributed by atoms with E-state index in [-0.39, 0.29) is 5.91 Å². The molecule has 116 valence electrons. The highest BCUT2D eigenvalue weighted by Crippen LogP contribution is 2.17. The van der Waals surface area contributed by atoms with E-state index >= 15 is 0 Å². The number of nitrogens with zero attached hydrogens (tertiary/aromatic N) is 1. The predicted molar refractivity (Wildman–Crippen MR) is 83.9 cm³/mol. The number of carbonyl (C=O) groups excluding carboxylic acids is 1. The van der Waals surface area contributed by atoms with Gasteiger partial charge in [0.15, 0.2) is 5.96 Å². The molecule has 0 aromatic rings. The SMILES string of the molecule is CCCCNC(=NC)NCCC(=O)NC1CCCCC1. The third-order valence-corrected chi connectivity index (χ3v) is 3.66. The van der Waals surface area contributed by atoms with E-state index in [4.69, 9.17) is 0 Å². The van der Waals surface area contributed by atoms with Gasteiger partial charge < -0.3 is 16.0 Å². The highest BCUT2D eigenvalue weighted by atomic mass is 16.1. The van der Waals surface area contributed by atoms with Crippen LogP contribution < -0.4 is 16.0 Å². The van der Waals surface area contributed by atoms with E-state index in [2.05, 4.69) is 27.9 Å². The molecule has 1 rings (SSSR count). The number of aliphatic imine (C=N–C) groups is 1. The number of hydrogen-bond donors (Lipinski definition) is 3. The van der Waals surface area contributed by atoms with E-state index in [1.165, 1.54) is 19.3 Å². The van der Waals surface area contributed by atoms with E-state index in [1.54, 1.807) is 7.05 Å². The van der Waals surface area contributed by atoms with Crippen LogP contribution in [0.3, 0.4) is 0 Å². The van der Waals surface area contributed by atoms with Crippen LogP contribution in [0.4, 0.5) is 0 Å². The predicted octanol–water partition coefficient (Wildman–Crippen LogP) is 1.79. The van der Waals surface area contributed by atoms with Crippen molar-refractivity contribution in [3.8, 4) is 0 Å². The summed E-state index contributed by atoms with van der Waals surface area (Å²) in [6.07, 6.45) is 8.88. The first-order valence-corrected chi connectivity index (χ1v) is 8.00. The van der Waals surface area contributed by atoms with E-state index in [1.807, 2.05) is 0 Å². The van der Waals surface area contributed by atoms with Crippen molar-refractivity contribution >= 4 is 11.9 Å². The number of nitrogens with one attached hydrogen (secondary N) is 3. The van der Waals surface area contributed by atoms with Crippen LogP contribution in [-0.2, 0) is 4.79 Å². The molecule has 0 radical (unpaired) electrons. The highest BCUT2D eigenvalue weighted by molar-refractivity contribution is 5.81. The van der Waals surface area contributed by atoms with Gasteiger partial charge in [0.1, 0.15) is 0 Å². The first-order valence-electron chi connectivity index (χ1n) is 8.00. The van der Waals surface area contributed by atoms with Crippen LogP contribution in [0, 0.1) is 0 Å². The molecular formula is C15H30N4O. The molecule has 0 spiro atoms. The molecule has 3 N–H and O–H groups in total. The molecule has 5 nitrogen and oxygen atoms in total. The molecule has 1 aliphatic rings. The van der Waals surface area contributed by atoms with Crippen LogP contribution in [0.1, 0.15) is 58.3 Å². The average molecular weight is 282 g/mol. The van der Waals surface area contributed by atoms with Gasteiger partial charge in [0.2, 0.25) is 5.91 Å². The number of amides is 1. The smallest absolute Gasteiger partial charge is 0.221 e. The summed E-state index contributed by atoms with van der Waals surface area (Å²) in [4.78, 5) is 16.0. The van der Waals surface area contributed by atoms with Crippen molar-refractivity contribution in [2.75, 3.05) is 20.1 Å². The molecule has 0 unspecified atom stereocenters. The van der Waals surface area contributed by atoms with Crippen LogP contribution >= 0.6 is 0 Å². The maximum absolute atomic E-state index is 11.8. The molecular weight excluding hydrogens is 252 g/mol. The largest absolute Gasteiger partial charge is 0.356 e. The maximum Gasteiger partial charge on any atom is 0.221 e. The van der Waals surface area contributed by atoms with Crippen molar-refractivity contribution in [2.24, 2.45) is 4.99 Å². The second-order valence-corrected chi connectivity index (χ2v) is 5.43. The molecule has 1 aliphatic carbocycles. The third-order valence-electron chi connectivity index (χ3n) is 3.66. The number of unbranched alkanes of at least 4 members (excludes halogenated alkanes) is 1. The van der Waals surface area contributed by atoms with Crippen molar-refractivity contribution in [1.29, 1.82) is 0 Å². The van der Waals surface area contributed by atoms with Crippen LogP contribution in [0.15, 0.2) is 4.99 Å². The number of carbonyl (C=O) groups is 1. The van der Waals surface area contributed by atoms with Crippen molar-refractivity contribution in [1.82, 2.24) is 16.0 Å². The second-order valence-electron chi connectivity index (χ2n) is 5.43. The average Bonchev–Trinajstić information content (AvgIpc) is 2.47. The Hall–Kier alpha value is -1.26. The topological polar surface area (TPSA) is 65.5 Å². The van der Waals surface area contributed by atoms with Crippen LogP contribution in [0.25, 0.3) is 0 Å². The van der Waals surface area contributed by atoms with Crippen molar-refractivity contribution in [3.63, 3.8) is 0 Å². The maximum atomic E-state index is 11.8. The number of guanidine groups is 1. The van der Waals surface area contributed by atoms with Crippen molar-refractivity contribution in [3.05, 3.63) is 0 Å². The molecule has 0 aliphatic heterocycles. The summed E-state index contributed by atoms with van der Waals surface area (Å²) in [6, 6.07) is 0.401. The molecule has 1 saturated carbocycles. The normalized spacial score (nSPS) is 16.8. The Morgan fingerprint density at radius 2 is 1.85 bits per heavy atom. The Bertz CT molecular complexity index is 298. The van der Waals surface area contributed by atoms with Gasteiger partial charge in [-0.2, -0.15) is 0 Å². The number of rotatable bonds is 7. The highest BCUT2D eigenvalue weighted by Gasteiger charge is 2.15. The van der Waals surface area contributed by atoms with Gasteiger partial charge in [0, 0.05) is 32.6 Å². The van der Waals surface area contributed by atoms with E-state index in [0.717, 1.165) is 38.2 Å². The lowest BCUT2D eigenvalue weighted by molar-refractivity contribution is -0.121. The van der Waals surface area contributed by atoms with Crippen molar-refractivity contribution in [2.45, 2.75) is 64.3 Å². The molecule has 0 saturated heterocycles. The summed E-state index contributed by atoms with van der Waals surface area (Å²) < 4.78 is 0. The van der Waals surface area contributed by atoms with Gasteiger partial charge in [0.25, 0.3) is 0 Å². The Morgan fingerprint density at radius 1 is 1.15 bits per heavy atom. The Balaban J connectivity index is 2.10. The minimum absolute atomic E-state index is 0.147. The fraction of sp³-hybridized carbons (Fsp3) is 0.867. The molecule has 0 heterocycles. The summed E-state index contributed by atoms with van der Waals surface area (Å²) >= 11 is 0. The van der Waals surface area contributed by atoms with E-state index in [9.17, 15) is 4.79 Å². The van der Waals surface area contributed by atoms with Crippen LogP contribution in [-0.4, -0.2) is 38.0 Å². The van der Waals surface area contributed by atoms with Gasteiger partial charge in [-0.3, -0.25) is 9.79 Å². The summed E-state index contributed by atoms with van der Waals surface area (Å²) in [5, 5.41) is 9.53. The van der Waals surface area contributed by atoms with Gasteiger partial charge in [-0.1, -0.05) is 32.6 Å². The zero-order chi connectivity index (χ0) is 14.6. The van der Waals surface area contributed by atoms with Gasteiger partial charge in [0.05, 0.1) is 0 Å². The third kappa shape index (κ3) is 7.36. The summed E-state index contributed by atoms with van der Waals surface area (Å²) in [5.74, 6) is 0.928. The summed E-state index contributed by atoms with van der Waals surface area (Å²) in [6.45, 7) is 3.71. The fourth-order valence-corrected chi connectivity index (χ4v) is 2.45. The lowest BCUT2D eigenvalue weighted by atomic mass is 9.95. The first kappa shape index (κ1) is 16.8. The minimum atomic E-state index is 0.147. The first-order chi connectivity index (χ1) is 9.76. The zero-order valence-corrected chi connectivity index (χ0v) is 13.0. The molecule has 20 heavy (non-hydrogen) atoms. The summed E-state index contributed by atoms with van der Waals surface area (Å²) in [7, 11) is 1.75. The number of hydrogen-bond acceptors (Lipinski definition) is 2. The molecule has 0 aromatic carbocycles. The van der Waals surface area contributed by atoms with Crippen molar-refractivity contribution < 1.29 is 4.79 Å². The van der Waals surface area contributed by atoms with Crippen LogP contribution in [0.2, 0.25) is 0 Å². The fourth-order valence-electron chi connectivity index (χ4n) is 2.45. The molecule has 0 aromatic heterocycles. The quantitative estimate of drug-likeness (QED) is 0.379. The van der Waals surface area contributed by atoms with Gasteiger partial charge in [-0.25, -0.2) is 0 Å². The molecule has 1 amide bonds. The van der Waals surface area contributed by atoms with Crippen LogP contribution in [0.5, 0.6) is 0 Å². The zero-order valence-electron chi connectivity index (χ0n) is 13.0. The Kier molecular flexibility index (Phi) is 8.83. The minimum Gasteiger partial charge on any atom is -0.356 e. The molecule has 0 bridgehead atoms. The van der Waals surface area contributed by atoms with Gasteiger partial charge in [-0.05, 0) is 19.3 Å². The molecule has 1 fully saturated rings. The Morgan fingerprint density at radius 3 is 2.50 bits per heavy atom. The lowest BCUT2D eigenvalue weighted by Gasteiger charge is -2.22. The lowest BCUT2D eigenvalue weighted by Crippen LogP contribution is -2.41. The second kappa shape index (κ2) is 10.5. The van der Waals surface area contributed by atoms with Gasteiger partial charge >= 0.3 is 0 Å². The van der Waals surface area contributed by atoms with Gasteiger partial charge in [-0.15, -0.1) is 0 Å². The summed E-state index contributed by atoms with van der Waals surface area (Å²) in [5.41, 5.74) is 0. The molecule has 0 atom stereocenters. The standard InChI is InChI=1S/C15H30N4O/c1-3-4-11-17-15(16-2)18-12-10-14(20)19-13-8-6-5-7-9-13/h13H,3-12H2,1-2H3,(H,19,20)(H2,16,17,18). The Labute approximate surface area is 123 Å². The van der Waals surface area contributed by atoms with E-state index in [0.29, 0.717) is 19.0 Å².